The van der Waals surface area contributed by atoms with E-state index < -0.39 is 30.9 Å². The molecule has 0 saturated carbocycles. The van der Waals surface area contributed by atoms with E-state index in [4.69, 9.17) is 5.73 Å². The Morgan fingerprint density at radius 3 is 2.30 bits per heavy atom. The predicted molar refractivity (Wildman–Crippen MR) is 63.9 cm³/mol. The summed E-state index contributed by atoms with van der Waals surface area (Å²) in [6.07, 6.45) is -5.66. The van der Waals surface area contributed by atoms with Crippen LogP contribution in [0.25, 0.3) is 0 Å². The fourth-order valence-electron chi connectivity index (χ4n) is 2.07. The third-order valence-corrected chi connectivity index (χ3v) is 3.04. The quantitative estimate of drug-likeness (QED) is 0.671. The number of alkyl halides is 5. The van der Waals surface area contributed by atoms with Crippen LogP contribution in [0.15, 0.2) is 18.2 Å². The zero-order valence-electron chi connectivity index (χ0n) is 10.4. The van der Waals surface area contributed by atoms with Gasteiger partial charge in [0.15, 0.2) is 5.75 Å². The van der Waals surface area contributed by atoms with Crippen LogP contribution in [0.5, 0.6) is 5.75 Å². The van der Waals surface area contributed by atoms with Crippen LogP contribution in [-0.4, -0.2) is 25.4 Å². The van der Waals surface area contributed by atoms with Crippen LogP contribution >= 0.6 is 0 Å². The molecule has 20 heavy (non-hydrogen) atoms. The number of rotatable bonds is 2. The molecule has 2 N–H and O–H groups in total. The SMILES string of the molecule is Nc1ccc(OC(F)(F)F)c(N2CCC(F)(F)CC2)c1. The Hall–Kier alpha value is -1.73. The van der Waals surface area contributed by atoms with Gasteiger partial charge in [-0.2, -0.15) is 0 Å². The molecule has 0 aliphatic carbocycles. The Labute approximate surface area is 112 Å². The van der Waals surface area contributed by atoms with E-state index in [1.165, 1.54) is 17.0 Å². The number of nitrogens with two attached hydrogens (primary N) is 1. The molecule has 1 fully saturated rings. The Balaban J connectivity index is 2.24. The third-order valence-electron chi connectivity index (χ3n) is 3.04. The highest BCUT2D eigenvalue weighted by molar-refractivity contribution is 5.65. The van der Waals surface area contributed by atoms with E-state index in [0.29, 0.717) is 0 Å². The fraction of sp³-hybridized carbons (Fsp3) is 0.500. The standard InChI is InChI=1S/C12H13F5N2O/c13-11(14)3-5-19(6-4-11)9-7-8(18)1-2-10(9)20-12(15,16)17/h1-2,7H,3-6,18H2. The van der Waals surface area contributed by atoms with E-state index >= 15 is 0 Å². The van der Waals surface area contributed by atoms with Crippen molar-refractivity contribution in [2.45, 2.75) is 25.1 Å². The molecule has 0 amide bonds. The van der Waals surface area contributed by atoms with Crippen LogP contribution in [0.1, 0.15) is 12.8 Å². The summed E-state index contributed by atoms with van der Waals surface area (Å²) in [7, 11) is 0. The summed E-state index contributed by atoms with van der Waals surface area (Å²) in [6.45, 7) is -0.102. The molecule has 3 nitrogen and oxygen atoms in total. The topological polar surface area (TPSA) is 38.5 Å². The summed E-state index contributed by atoms with van der Waals surface area (Å²) in [5.74, 6) is -3.21. The van der Waals surface area contributed by atoms with E-state index in [1.54, 1.807) is 0 Å². The number of hydrogen-bond acceptors (Lipinski definition) is 3. The lowest BCUT2D eigenvalue weighted by molar-refractivity contribution is -0.274. The normalized spacial score (nSPS) is 18.9. The molecule has 8 heteroatoms. The predicted octanol–water partition coefficient (Wildman–Crippen LogP) is 3.40. The van der Waals surface area contributed by atoms with Crippen molar-refractivity contribution in [1.29, 1.82) is 0 Å². The second-order valence-electron chi connectivity index (χ2n) is 4.62. The number of ether oxygens (including phenoxy) is 1. The molecule has 0 unspecified atom stereocenters. The number of anilines is 2. The van der Waals surface area contributed by atoms with Gasteiger partial charge < -0.3 is 15.4 Å². The molecule has 0 radical (unpaired) electrons. The van der Waals surface area contributed by atoms with Crippen LogP contribution in [0.3, 0.4) is 0 Å². The van der Waals surface area contributed by atoms with E-state index in [2.05, 4.69) is 4.74 Å². The Morgan fingerprint density at radius 1 is 1.15 bits per heavy atom. The van der Waals surface area contributed by atoms with E-state index in [1.807, 2.05) is 0 Å². The Bertz CT molecular complexity index is 479. The zero-order valence-corrected chi connectivity index (χ0v) is 10.4. The molecule has 1 heterocycles. The van der Waals surface area contributed by atoms with Crippen molar-refractivity contribution in [3.05, 3.63) is 18.2 Å². The van der Waals surface area contributed by atoms with Gasteiger partial charge in [-0.15, -0.1) is 13.2 Å². The lowest BCUT2D eigenvalue weighted by atomic mass is 10.1. The fourth-order valence-corrected chi connectivity index (χ4v) is 2.07. The highest BCUT2D eigenvalue weighted by Gasteiger charge is 2.36. The van der Waals surface area contributed by atoms with Gasteiger partial charge in [0.2, 0.25) is 0 Å². The molecule has 0 aromatic heterocycles. The zero-order chi connectivity index (χ0) is 15.0. The number of benzene rings is 1. The summed E-state index contributed by atoms with van der Waals surface area (Å²) in [6, 6.07) is 3.65. The summed E-state index contributed by atoms with van der Waals surface area (Å²) in [5.41, 5.74) is 5.86. The van der Waals surface area contributed by atoms with Gasteiger partial charge in [-0.3, -0.25) is 0 Å². The van der Waals surface area contributed by atoms with Gasteiger partial charge in [0.25, 0.3) is 5.92 Å². The summed E-state index contributed by atoms with van der Waals surface area (Å²) in [4.78, 5) is 1.43. The lowest BCUT2D eigenvalue weighted by Gasteiger charge is -2.34. The highest BCUT2D eigenvalue weighted by Crippen LogP contribution is 2.38. The maximum atomic E-state index is 13.1. The van der Waals surface area contributed by atoms with E-state index in [0.717, 1.165) is 6.07 Å². The number of piperidine rings is 1. The molecular formula is C12H13F5N2O. The minimum absolute atomic E-state index is 0.0509. The minimum Gasteiger partial charge on any atom is -0.404 e. The number of hydrogen-bond donors (Lipinski definition) is 1. The van der Waals surface area contributed by atoms with Crippen molar-refractivity contribution in [3.63, 3.8) is 0 Å². The molecule has 1 aliphatic rings. The summed E-state index contributed by atoms with van der Waals surface area (Å²) >= 11 is 0. The maximum absolute atomic E-state index is 13.1. The van der Waals surface area contributed by atoms with Crippen LogP contribution in [-0.2, 0) is 0 Å². The molecule has 2 rings (SSSR count). The van der Waals surface area contributed by atoms with Gasteiger partial charge in [0.1, 0.15) is 0 Å². The van der Waals surface area contributed by atoms with Gasteiger partial charge in [0, 0.05) is 31.6 Å². The Morgan fingerprint density at radius 2 is 1.75 bits per heavy atom. The van der Waals surface area contributed by atoms with Gasteiger partial charge in [0.05, 0.1) is 5.69 Å². The first-order chi connectivity index (χ1) is 9.16. The molecule has 1 saturated heterocycles. The molecule has 1 aromatic rings. The molecule has 1 aliphatic heterocycles. The highest BCUT2D eigenvalue weighted by atomic mass is 19.4. The molecule has 0 atom stereocenters. The van der Waals surface area contributed by atoms with Crippen LogP contribution in [0, 0.1) is 0 Å². The van der Waals surface area contributed by atoms with Crippen molar-refractivity contribution >= 4 is 11.4 Å². The smallest absolute Gasteiger partial charge is 0.404 e. The first-order valence-electron chi connectivity index (χ1n) is 5.94. The van der Waals surface area contributed by atoms with Gasteiger partial charge >= 0.3 is 6.36 Å². The average molecular weight is 296 g/mol. The lowest BCUT2D eigenvalue weighted by Crippen LogP contribution is -2.39. The van der Waals surface area contributed by atoms with E-state index in [-0.39, 0.29) is 24.5 Å². The van der Waals surface area contributed by atoms with Gasteiger partial charge in [-0.1, -0.05) is 0 Å². The van der Waals surface area contributed by atoms with Crippen molar-refractivity contribution < 1.29 is 26.7 Å². The average Bonchev–Trinajstić information content (AvgIpc) is 2.30. The van der Waals surface area contributed by atoms with E-state index in [9.17, 15) is 22.0 Å². The van der Waals surface area contributed by atoms with Crippen molar-refractivity contribution in [2.75, 3.05) is 23.7 Å². The largest absolute Gasteiger partial charge is 0.573 e. The van der Waals surface area contributed by atoms with Crippen LogP contribution in [0.2, 0.25) is 0 Å². The molecular weight excluding hydrogens is 283 g/mol. The molecule has 0 bridgehead atoms. The maximum Gasteiger partial charge on any atom is 0.573 e. The summed E-state index contributed by atoms with van der Waals surface area (Å²) in [5, 5.41) is 0. The van der Waals surface area contributed by atoms with Crippen molar-refractivity contribution in [2.24, 2.45) is 0 Å². The van der Waals surface area contributed by atoms with Crippen LogP contribution < -0.4 is 15.4 Å². The van der Waals surface area contributed by atoms with Crippen molar-refractivity contribution in [1.82, 2.24) is 0 Å². The minimum atomic E-state index is -4.84. The number of nitrogens with zero attached hydrogens (tertiary/aromatic N) is 1. The third kappa shape index (κ3) is 3.64. The second-order valence-corrected chi connectivity index (χ2v) is 4.62. The van der Waals surface area contributed by atoms with Crippen LogP contribution in [0.4, 0.5) is 33.3 Å². The summed E-state index contributed by atoms with van der Waals surface area (Å²) < 4.78 is 67.0. The molecule has 1 aromatic carbocycles. The second kappa shape index (κ2) is 4.99. The van der Waals surface area contributed by atoms with Gasteiger partial charge in [-0.05, 0) is 18.2 Å². The van der Waals surface area contributed by atoms with Crippen molar-refractivity contribution in [3.8, 4) is 5.75 Å². The molecule has 112 valence electrons. The monoisotopic (exact) mass is 296 g/mol. The molecule has 0 spiro atoms. The number of halogens is 5. The first kappa shape index (κ1) is 14.7. The Kier molecular flexibility index (Phi) is 3.66. The van der Waals surface area contributed by atoms with Gasteiger partial charge in [-0.25, -0.2) is 8.78 Å². The number of nitrogen functional groups attached to an aromatic ring is 1. The first-order valence-corrected chi connectivity index (χ1v) is 5.94.